The summed E-state index contributed by atoms with van der Waals surface area (Å²) >= 11 is 0. The molecule has 5 heteroatoms. The van der Waals surface area contributed by atoms with E-state index in [-0.39, 0.29) is 11.7 Å². The third-order valence-electron chi connectivity index (χ3n) is 4.08. The fourth-order valence-corrected chi connectivity index (χ4v) is 2.81. The lowest BCUT2D eigenvalue weighted by Gasteiger charge is -2.28. The lowest BCUT2D eigenvalue weighted by molar-refractivity contribution is -0.131. The van der Waals surface area contributed by atoms with Crippen LogP contribution in [0.2, 0.25) is 0 Å². The number of carbonyl (C=O) groups excluding carboxylic acids is 1. The second kappa shape index (κ2) is 7.75. The van der Waals surface area contributed by atoms with Gasteiger partial charge in [0, 0.05) is 26.1 Å². The van der Waals surface area contributed by atoms with Crippen molar-refractivity contribution in [3.8, 4) is 0 Å². The van der Waals surface area contributed by atoms with Crippen molar-refractivity contribution in [1.29, 1.82) is 0 Å². The third-order valence-corrected chi connectivity index (χ3v) is 4.08. The molecule has 0 unspecified atom stereocenters. The summed E-state index contributed by atoms with van der Waals surface area (Å²) < 4.78 is 19.0. The topological polar surface area (TPSA) is 46.3 Å². The molecule has 4 nitrogen and oxygen atoms in total. The second-order valence-corrected chi connectivity index (χ2v) is 5.80. The predicted octanol–water partition coefficient (Wildman–Crippen LogP) is 3.99. The number of nitrogens with zero attached hydrogens (tertiary/aromatic N) is 2. The van der Waals surface area contributed by atoms with Crippen LogP contribution >= 0.6 is 0 Å². The van der Waals surface area contributed by atoms with Gasteiger partial charge in [-0.25, -0.2) is 4.39 Å². The summed E-state index contributed by atoms with van der Waals surface area (Å²) in [6.07, 6.45) is 4.09. The number of rotatable bonds is 6. The van der Waals surface area contributed by atoms with E-state index in [0.717, 1.165) is 5.76 Å². The Kier molecular flexibility index (Phi) is 5.23. The van der Waals surface area contributed by atoms with Crippen LogP contribution < -0.4 is 0 Å². The van der Waals surface area contributed by atoms with Crippen molar-refractivity contribution in [3.05, 3.63) is 89.9 Å². The Labute approximate surface area is 145 Å². The van der Waals surface area contributed by atoms with Gasteiger partial charge < -0.3 is 9.32 Å². The number of amides is 1. The minimum Gasteiger partial charge on any atom is -0.469 e. The molecule has 1 aromatic carbocycles. The van der Waals surface area contributed by atoms with Crippen LogP contribution in [-0.2, 0) is 11.2 Å². The molecule has 0 N–H and O–H groups in total. The molecular weight excluding hydrogens is 319 g/mol. The number of furan rings is 1. The molecule has 0 aliphatic carbocycles. The van der Waals surface area contributed by atoms with E-state index in [4.69, 9.17) is 4.42 Å². The van der Waals surface area contributed by atoms with Gasteiger partial charge >= 0.3 is 0 Å². The second-order valence-electron chi connectivity index (χ2n) is 5.80. The van der Waals surface area contributed by atoms with E-state index in [1.54, 1.807) is 42.6 Å². The van der Waals surface area contributed by atoms with Gasteiger partial charge in [-0.2, -0.15) is 0 Å². The first kappa shape index (κ1) is 16.9. The molecule has 0 aliphatic rings. The average Bonchev–Trinajstić information content (AvgIpc) is 3.14. The molecule has 25 heavy (non-hydrogen) atoms. The number of hydrogen-bond donors (Lipinski definition) is 0. The van der Waals surface area contributed by atoms with Gasteiger partial charge in [-0.15, -0.1) is 0 Å². The van der Waals surface area contributed by atoms with E-state index in [1.165, 1.54) is 12.1 Å². The number of hydrogen-bond acceptors (Lipinski definition) is 3. The van der Waals surface area contributed by atoms with Crippen LogP contribution in [0.4, 0.5) is 4.39 Å². The number of halogens is 1. The summed E-state index contributed by atoms with van der Waals surface area (Å²) in [6, 6.07) is 15.0. The van der Waals surface area contributed by atoms with Crippen LogP contribution in [0.5, 0.6) is 0 Å². The van der Waals surface area contributed by atoms with E-state index >= 15 is 0 Å². The summed E-state index contributed by atoms with van der Waals surface area (Å²) in [4.78, 5) is 18.6. The zero-order valence-electron chi connectivity index (χ0n) is 13.9. The lowest BCUT2D eigenvalue weighted by Crippen LogP contribution is -2.32. The van der Waals surface area contributed by atoms with E-state index < -0.39 is 6.04 Å². The number of aromatic nitrogens is 1. The van der Waals surface area contributed by atoms with Crippen molar-refractivity contribution < 1.29 is 13.6 Å². The lowest BCUT2D eigenvalue weighted by atomic mass is 10.0. The largest absolute Gasteiger partial charge is 0.469 e. The van der Waals surface area contributed by atoms with Crippen molar-refractivity contribution in [3.63, 3.8) is 0 Å². The van der Waals surface area contributed by atoms with Gasteiger partial charge in [0.15, 0.2) is 0 Å². The zero-order valence-corrected chi connectivity index (χ0v) is 13.9. The summed E-state index contributed by atoms with van der Waals surface area (Å²) in [7, 11) is 1.72. The molecule has 0 aliphatic heterocycles. The standard InChI is InChI=1S/C20H19FN2O2/c1-23(19(24)11-10-17-8-5-13-25-17)20(18-9-2-3-12-22-18)15-6-4-7-16(21)14-15/h2-9,12-14,20H,10-11H2,1H3/t20-/m1/s1. The summed E-state index contributed by atoms with van der Waals surface area (Å²) in [5, 5.41) is 0. The van der Waals surface area contributed by atoms with Crippen LogP contribution in [0.1, 0.15) is 29.5 Å². The molecule has 1 atom stereocenters. The van der Waals surface area contributed by atoms with Gasteiger partial charge in [0.1, 0.15) is 11.6 Å². The summed E-state index contributed by atoms with van der Waals surface area (Å²) in [5.41, 5.74) is 1.38. The highest BCUT2D eigenvalue weighted by Crippen LogP contribution is 2.27. The number of benzene rings is 1. The Morgan fingerprint density at radius 3 is 2.76 bits per heavy atom. The number of aryl methyl sites for hydroxylation is 1. The molecule has 0 saturated heterocycles. The normalized spacial score (nSPS) is 11.9. The molecule has 0 spiro atoms. The molecular formula is C20H19FN2O2. The maximum atomic E-state index is 13.7. The van der Waals surface area contributed by atoms with Crippen LogP contribution in [0.15, 0.2) is 71.5 Å². The first-order chi connectivity index (χ1) is 12.1. The van der Waals surface area contributed by atoms with Gasteiger partial charge in [0.2, 0.25) is 5.91 Å². The van der Waals surface area contributed by atoms with E-state index in [0.29, 0.717) is 24.1 Å². The molecule has 3 rings (SSSR count). The van der Waals surface area contributed by atoms with E-state index in [9.17, 15) is 9.18 Å². The smallest absolute Gasteiger partial charge is 0.223 e. The predicted molar refractivity (Wildman–Crippen MR) is 92.3 cm³/mol. The molecule has 3 aromatic rings. The van der Waals surface area contributed by atoms with Crippen LogP contribution in [0.3, 0.4) is 0 Å². The molecule has 2 aromatic heterocycles. The van der Waals surface area contributed by atoms with Crippen LogP contribution in [0, 0.1) is 5.82 Å². The fourth-order valence-electron chi connectivity index (χ4n) is 2.81. The van der Waals surface area contributed by atoms with Gasteiger partial charge in [0.05, 0.1) is 18.0 Å². The van der Waals surface area contributed by atoms with Gasteiger partial charge in [-0.05, 0) is 42.0 Å². The van der Waals surface area contributed by atoms with Crippen molar-refractivity contribution in [1.82, 2.24) is 9.88 Å². The summed E-state index contributed by atoms with van der Waals surface area (Å²) in [5.74, 6) is 0.369. The fraction of sp³-hybridized carbons (Fsp3) is 0.200. The molecule has 2 heterocycles. The Balaban J connectivity index is 1.84. The van der Waals surface area contributed by atoms with Crippen molar-refractivity contribution >= 4 is 5.91 Å². The van der Waals surface area contributed by atoms with Gasteiger partial charge in [0.25, 0.3) is 0 Å². The average molecular weight is 338 g/mol. The SMILES string of the molecule is CN(C(=O)CCc1ccco1)[C@H](c1cccc(F)c1)c1ccccn1. The Morgan fingerprint density at radius 2 is 2.08 bits per heavy atom. The minimum atomic E-state index is -0.444. The molecule has 1 amide bonds. The number of carbonyl (C=O) groups is 1. The first-order valence-electron chi connectivity index (χ1n) is 8.09. The molecule has 0 fully saturated rings. The van der Waals surface area contributed by atoms with Crippen molar-refractivity contribution in [2.45, 2.75) is 18.9 Å². The Morgan fingerprint density at radius 1 is 1.20 bits per heavy atom. The van der Waals surface area contributed by atoms with Crippen LogP contribution in [-0.4, -0.2) is 22.8 Å². The van der Waals surface area contributed by atoms with E-state index in [1.807, 2.05) is 24.3 Å². The quantitative estimate of drug-likeness (QED) is 0.682. The summed E-state index contributed by atoms with van der Waals surface area (Å²) in [6.45, 7) is 0. The monoisotopic (exact) mass is 338 g/mol. The maximum Gasteiger partial charge on any atom is 0.223 e. The van der Waals surface area contributed by atoms with Gasteiger partial charge in [-0.3, -0.25) is 9.78 Å². The van der Waals surface area contributed by atoms with Crippen molar-refractivity contribution in [2.24, 2.45) is 0 Å². The molecule has 128 valence electrons. The van der Waals surface area contributed by atoms with E-state index in [2.05, 4.69) is 4.98 Å². The molecule has 0 bridgehead atoms. The minimum absolute atomic E-state index is 0.0590. The molecule has 0 saturated carbocycles. The first-order valence-corrected chi connectivity index (χ1v) is 8.09. The Bertz CT molecular complexity index is 819. The zero-order chi connectivity index (χ0) is 17.6. The highest BCUT2D eigenvalue weighted by molar-refractivity contribution is 5.77. The highest BCUT2D eigenvalue weighted by Gasteiger charge is 2.24. The highest BCUT2D eigenvalue weighted by atomic mass is 19.1. The third kappa shape index (κ3) is 4.12. The van der Waals surface area contributed by atoms with Crippen molar-refractivity contribution in [2.75, 3.05) is 7.05 Å². The van der Waals surface area contributed by atoms with Gasteiger partial charge in [-0.1, -0.05) is 18.2 Å². The Hall–Kier alpha value is -2.95. The number of pyridine rings is 1. The maximum absolute atomic E-state index is 13.7. The van der Waals surface area contributed by atoms with Crippen LogP contribution in [0.25, 0.3) is 0 Å². The molecule has 0 radical (unpaired) electrons.